The van der Waals surface area contributed by atoms with Crippen molar-refractivity contribution < 1.29 is 9.66 Å². The van der Waals surface area contributed by atoms with Crippen LogP contribution in [0.25, 0.3) is 0 Å². The molecule has 1 unspecified atom stereocenters. The highest BCUT2D eigenvalue weighted by Gasteiger charge is 2.27. The van der Waals surface area contributed by atoms with Crippen LogP contribution < -0.4 is 4.90 Å². The predicted octanol–water partition coefficient (Wildman–Crippen LogP) is 2.29. The van der Waals surface area contributed by atoms with Gasteiger partial charge in [-0.3, -0.25) is 10.1 Å². The number of methoxy groups -OCH3 is 1. The first kappa shape index (κ1) is 15.6. The zero-order valence-electron chi connectivity index (χ0n) is 11.2. The first-order chi connectivity index (χ1) is 9.02. The van der Waals surface area contributed by atoms with E-state index in [2.05, 4.69) is 9.97 Å². The molecule has 0 aromatic carbocycles. The van der Waals surface area contributed by atoms with Crippen molar-refractivity contribution in [3.63, 3.8) is 0 Å². The van der Waals surface area contributed by atoms with E-state index in [1.807, 2.05) is 18.7 Å². The molecule has 0 bridgehead atoms. The number of ether oxygens (including phenoxy) is 1. The maximum Gasteiger partial charge on any atom is 0.348 e. The molecule has 0 saturated heterocycles. The van der Waals surface area contributed by atoms with Crippen LogP contribution in [0.4, 0.5) is 11.5 Å². The first-order valence-corrected chi connectivity index (χ1v) is 6.31. The Morgan fingerprint density at radius 2 is 2.26 bits per heavy atom. The second kappa shape index (κ2) is 7.20. The monoisotopic (exact) mass is 288 g/mol. The molecule has 0 radical (unpaired) electrons. The maximum atomic E-state index is 11.1. The van der Waals surface area contributed by atoms with Gasteiger partial charge in [0.05, 0.1) is 11.5 Å². The summed E-state index contributed by atoms with van der Waals surface area (Å²) in [6, 6.07) is 0.0832. The lowest BCUT2D eigenvalue weighted by molar-refractivity contribution is -0.384. The molecule has 19 heavy (non-hydrogen) atoms. The van der Waals surface area contributed by atoms with Gasteiger partial charge < -0.3 is 9.64 Å². The average molecular weight is 289 g/mol. The van der Waals surface area contributed by atoms with Crippen molar-refractivity contribution in [2.75, 3.05) is 25.2 Å². The Bertz CT molecular complexity index is 444. The molecule has 0 fully saturated rings. The van der Waals surface area contributed by atoms with Crippen LogP contribution in [0.5, 0.6) is 0 Å². The van der Waals surface area contributed by atoms with E-state index in [9.17, 15) is 10.1 Å². The van der Waals surface area contributed by atoms with Crippen LogP contribution in [0.3, 0.4) is 0 Å². The molecule has 0 amide bonds. The molecule has 0 aliphatic rings. The third-order valence-corrected chi connectivity index (χ3v) is 3.15. The van der Waals surface area contributed by atoms with E-state index in [1.165, 1.54) is 6.33 Å². The van der Waals surface area contributed by atoms with Gasteiger partial charge in [0.25, 0.3) is 0 Å². The third-order valence-electron chi connectivity index (χ3n) is 2.87. The number of aromatic nitrogens is 2. The summed E-state index contributed by atoms with van der Waals surface area (Å²) in [5, 5.41) is 11.0. The molecule has 0 aliphatic heterocycles. The summed E-state index contributed by atoms with van der Waals surface area (Å²) in [5.41, 5.74) is -0.263. The van der Waals surface area contributed by atoms with E-state index >= 15 is 0 Å². The largest absolute Gasteiger partial charge is 0.383 e. The average Bonchev–Trinajstić information content (AvgIpc) is 2.38. The number of anilines is 1. The van der Waals surface area contributed by atoms with Gasteiger partial charge in [-0.15, -0.1) is 0 Å². The van der Waals surface area contributed by atoms with Crippen LogP contribution in [0.1, 0.15) is 20.3 Å². The molecule has 1 atom stereocenters. The van der Waals surface area contributed by atoms with Gasteiger partial charge in [0.1, 0.15) is 6.33 Å². The summed E-state index contributed by atoms with van der Waals surface area (Å²) in [6.07, 6.45) is 2.05. The quantitative estimate of drug-likeness (QED) is 0.435. The minimum atomic E-state index is -0.556. The fourth-order valence-electron chi connectivity index (χ4n) is 1.66. The Balaban J connectivity index is 3.21. The summed E-state index contributed by atoms with van der Waals surface area (Å²) in [5.74, 6) is 0.233. The number of hydrogen-bond acceptors (Lipinski definition) is 6. The SMILES string of the molecule is CCC(C)N(CCOC)c1ncnc(Cl)c1[N+](=O)[O-]. The molecule has 106 valence electrons. The first-order valence-electron chi connectivity index (χ1n) is 5.93. The van der Waals surface area contributed by atoms with Crippen LogP contribution in [0.15, 0.2) is 6.33 Å². The Hall–Kier alpha value is -1.47. The molecule has 0 saturated carbocycles. The lowest BCUT2D eigenvalue weighted by Gasteiger charge is -2.28. The molecule has 7 nitrogen and oxygen atoms in total. The molecule has 1 rings (SSSR count). The normalized spacial score (nSPS) is 12.2. The molecular weight excluding hydrogens is 272 g/mol. The molecule has 1 heterocycles. The summed E-state index contributed by atoms with van der Waals surface area (Å²) in [4.78, 5) is 20.1. The number of nitro groups is 1. The highest BCUT2D eigenvalue weighted by molar-refractivity contribution is 6.31. The highest BCUT2D eigenvalue weighted by atomic mass is 35.5. The molecule has 0 spiro atoms. The summed E-state index contributed by atoms with van der Waals surface area (Å²) < 4.78 is 5.03. The minimum Gasteiger partial charge on any atom is -0.383 e. The van der Waals surface area contributed by atoms with E-state index in [1.54, 1.807) is 7.11 Å². The van der Waals surface area contributed by atoms with E-state index in [0.29, 0.717) is 13.2 Å². The van der Waals surface area contributed by atoms with Crippen molar-refractivity contribution in [2.24, 2.45) is 0 Å². The summed E-state index contributed by atoms with van der Waals surface area (Å²) >= 11 is 5.80. The molecule has 0 N–H and O–H groups in total. The van der Waals surface area contributed by atoms with E-state index in [4.69, 9.17) is 16.3 Å². The van der Waals surface area contributed by atoms with Gasteiger partial charge in [-0.25, -0.2) is 9.97 Å². The maximum absolute atomic E-state index is 11.1. The zero-order chi connectivity index (χ0) is 14.4. The Labute approximate surface area is 116 Å². The van der Waals surface area contributed by atoms with Crippen LogP contribution in [0, 0.1) is 10.1 Å². The number of halogens is 1. The highest BCUT2D eigenvalue weighted by Crippen LogP contribution is 2.32. The van der Waals surface area contributed by atoms with Gasteiger partial charge in [0, 0.05) is 19.7 Å². The van der Waals surface area contributed by atoms with Gasteiger partial charge in [-0.05, 0) is 13.3 Å². The standard InChI is InChI=1S/C11H17ClN4O3/c1-4-8(2)15(5-6-19-3)11-9(16(17)18)10(12)13-7-14-11/h7-8H,4-6H2,1-3H3. The lowest BCUT2D eigenvalue weighted by atomic mass is 10.2. The van der Waals surface area contributed by atoms with Crippen LogP contribution in [-0.4, -0.2) is 41.2 Å². The predicted molar refractivity (Wildman–Crippen MR) is 72.7 cm³/mol. The van der Waals surface area contributed by atoms with Gasteiger partial charge >= 0.3 is 5.69 Å². The second-order valence-corrected chi connectivity index (χ2v) is 4.40. The summed E-state index contributed by atoms with van der Waals surface area (Å²) in [7, 11) is 1.58. The Kier molecular flexibility index (Phi) is 5.91. The van der Waals surface area contributed by atoms with Crippen LogP contribution >= 0.6 is 11.6 Å². The van der Waals surface area contributed by atoms with Gasteiger partial charge in [-0.2, -0.15) is 0 Å². The lowest BCUT2D eigenvalue weighted by Crippen LogP contribution is -2.36. The van der Waals surface area contributed by atoms with Gasteiger partial charge in [0.2, 0.25) is 11.0 Å². The van der Waals surface area contributed by atoms with Crippen LogP contribution in [0.2, 0.25) is 5.15 Å². The zero-order valence-corrected chi connectivity index (χ0v) is 11.9. The van der Waals surface area contributed by atoms with E-state index < -0.39 is 4.92 Å². The van der Waals surface area contributed by atoms with E-state index in [-0.39, 0.29) is 22.7 Å². The smallest absolute Gasteiger partial charge is 0.348 e. The topological polar surface area (TPSA) is 81.4 Å². The minimum absolute atomic E-state index is 0.0832. The molecule has 0 aliphatic carbocycles. The fourth-order valence-corrected chi connectivity index (χ4v) is 1.86. The molecule has 1 aromatic heterocycles. The summed E-state index contributed by atoms with van der Waals surface area (Å²) in [6.45, 7) is 4.91. The van der Waals surface area contributed by atoms with Crippen molar-refractivity contribution >= 4 is 23.1 Å². The fraction of sp³-hybridized carbons (Fsp3) is 0.636. The number of rotatable bonds is 7. The van der Waals surface area contributed by atoms with Crippen molar-refractivity contribution in [3.05, 3.63) is 21.6 Å². The van der Waals surface area contributed by atoms with Crippen molar-refractivity contribution in [3.8, 4) is 0 Å². The Morgan fingerprint density at radius 3 is 2.79 bits per heavy atom. The van der Waals surface area contributed by atoms with Gasteiger partial charge in [0.15, 0.2) is 0 Å². The number of hydrogen-bond donors (Lipinski definition) is 0. The molecule has 1 aromatic rings. The molecule has 8 heteroatoms. The second-order valence-electron chi connectivity index (χ2n) is 4.04. The van der Waals surface area contributed by atoms with Crippen molar-refractivity contribution in [1.82, 2.24) is 9.97 Å². The third kappa shape index (κ3) is 3.74. The van der Waals surface area contributed by atoms with Crippen LogP contribution in [-0.2, 0) is 4.74 Å². The van der Waals surface area contributed by atoms with Crippen molar-refractivity contribution in [2.45, 2.75) is 26.3 Å². The van der Waals surface area contributed by atoms with Gasteiger partial charge in [-0.1, -0.05) is 18.5 Å². The van der Waals surface area contributed by atoms with Crippen molar-refractivity contribution in [1.29, 1.82) is 0 Å². The molecular formula is C11H17ClN4O3. The number of nitrogens with zero attached hydrogens (tertiary/aromatic N) is 4. The Morgan fingerprint density at radius 1 is 1.58 bits per heavy atom. The van der Waals surface area contributed by atoms with E-state index in [0.717, 1.165) is 6.42 Å².